The minimum atomic E-state index is -1.49. The number of hydrogen-bond acceptors (Lipinski definition) is 7. The number of rotatable bonds is 16. The van der Waals surface area contributed by atoms with Crippen LogP contribution in [0.5, 0.6) is 5.75 Å². The van der Waals surface area contributed by atoms with Crippen molar-refractivity contribution < 1.29 is 42.5 Å². The summed E-state index contributed by atoms with van der Waals surface area (Å²) in [7, 11) is 1.51. The van der Waals surface area contributed by atoms with Gasteiger partial charge in [0, 0.05) is 42.4 Å². The number of aliphatic hydroxyl groups is 1. The van der Waals surface area contributed by atoms with Gasteiger partial charge in [-0.05, 0) is 101 Å². The first kappa shape index (κ1) is 40.6. The first-order chi connectivity index (χ1) is 24.0. The molecule has 3 aromatic carbocycles. The molecule has 3 aromatic rings. The Morgan fingerprint density at radius 2 is 1.45 bits per heavy atom. The topological polar surface area (TPSA) is 125 Å². The zero-order valence-corrected chi connectivity index (χ0v) is 30.4. The number of nitrogens with zero attached hydrogens (tertiary/aromatic N) is 2. The third kappa shape index (κ3) is 12.5. The van der Waals surface area contributed by atoms with E-state index in [1.165, 1.54) is 37.1 Å². The molecule has 0 heterocycles. The lowest BCUT2D eigenvalue weighted by atomic mass is 9.98. The Hall–Kier alpha value is -4.84. The van der Waals surface area contributed by atoms with E-state index < -0.39 is 41.4 Å². The number of Topliss-reactive ketones (excluding diaryl/α,β-unsaturated/α-hetero) is 1. The van der Waals surface area contributed by atoms with Crippen molar-refractivity contribution in [1.82, 2.24) is 15.1 Å². The second-order valence-electron chi connectivity index (χ2n) is 13.5. The highest BCUT2D eigenvalue weighted by atomic mass is 19.1. The fourth-order valence-corrected chi connectivity index (χ4v) is 5.51. The summed E-state index contributed by atoms with van der Waals surface area (Å²) < 4.78 is 39.5. The summed E-state index contributed by atoms with van der Waals surface area (Å²) in [5, 5.41) is 14.4. The number of ketones is 1. The standard InChI is InChI=1S/C39H49F2N3O7/c1-8-13-43(14-9-2)37(48)30-20-28(25(3)45)19-29(21-30)36(47)42-34(18-27-15-31(40)22-32(41)16-27)35(46)24-44(38(49)51-39(4,5)6)23-26-11-10-12-33(17-26)50-7/h10-12,15-17,19-22,34-35,46H,8-9,13-14,18,23-24H2,1-7H3,(H,42,47)/t34-,35+/m0/s1. The van der Waals surface area contributed by atoms with Crippen molar-refractivity contribution in [2.75, 3.05) is 26.7 Å². The molecule has 0 unspecified atom stereocenters. The number of carbonyl (C=O) groups excluding carboxylic acids is 4. The van der Waals surface area contributed by atoms with Crippen LogP contribution in [0, 0.1) is 11.6 Å². The third-order valence-corrected chi connectivity index (χ3v) is 7.85. The highest BCUT2D eigenvalue weighted by Gasteiger charge is 2.30. The van der Waals surface area contributed by atoms with Crippen molar-refractivity contribution in [3.05, 3.63) is 100 Å². The molecule has 0 saturated heterocycles. The largest absolute Gasteiger partial charge is 0.497 e. The van der Waals surface area contributed by atoms with Crippen LogP contribution in [0.1, 0.15) is 96.6 Å². The zero-order chi connectivity index (χ0) is 37.9. The molecule has 0 aliphatic rings. The number of methoxy groups -OCH3 is 1. The molecule has 0 aliphatic carbocycles. The van der Waals surface area contributed by atoms with Crippen LogP contribution in [-0.4, -0.2) is 83.1 Å². The number of hydrogen-bond donors (Lipinski definition) is 2. The second kappa shape index (κ2) is 18.4. The lowest BCUT2D eigenvalue weighted by molar-refractivity contribution is 0.00836. The van der Waals surface area contributed by atoms with E-state index in [9.17, 15) is 33.1 Å². The second-order valence-corrected chi connectivity index (χ2v) is 13.5. The van der Waals surface area contributed by atoms with Crippen LogP contribution in [0.15, 0.2) is 60.7 Å². The normalized spacial score (nSPS) is 12.4. The monoisotopic (exact) mass is 709 g/mol. The summed E-state index contributed by atoms with van der Waals surface area (Å²) in [6, 6.07) is 12.8. The van der Waals surface area contributed by atoms with Crippen molar-refractivity contribution in [3.63, 3.8) is 0 Å². The Morgan fingerprint density at radius 1 is 0.843 bits per heavy atom. The lowest BCUT2D eigenvalue weighted by Gasteiger charge is -2.32. The number of ether oxygens (including phenoxy) is 2. The molecule has 0 bridgehead atoms. The number of halogens is 2. The van der Waals surface area contributed by atoms with Crippen molar-refractivity contribution in [1.29, 1.82) is 0 Å². The van der Waals surface area contributed by atoms with Crippen LogP contribution in [-0.2, 0) is 17.7 Å². The molecule has 2 atom stereocenters. The molecule has 3 amide bonds. The van der Waals surface area contributed by atoms with Crippen molar-refractivity contribution >= 4 is 23.7 Å². The Balaban J connectivity index is 2.02. The summed E-state index contributed by atoms with van der Waals surface area (Å²) in [6.45, 7) is 10.9. The maximum absolute atomic E-state index is 14.3. The number of aliphatic hydroxyl groups excluding tert-OH is 1. The van der Waals surface area contributed by atoms with Gasteiger partial charge < -0.3 is 29.7 Å². The van der Waals surface area contributed by atoms with E-state index in [4.69, 9.17) is 9.47 Å². The number of amides is 3. The number of benzene rings is 3. The van der Waals surface area contributed by atoms with Crippen molar-refractivity contribution in [2.45, 2.75) is 85.1 Å². The highest BCUT2D eigenvalue weighted by molar-refractivity contribution is 6.04. The van der Waals surface area contributed by atoms with E-state index in [2.05, 4.69) is 5.32 Å². The SMILES string of the molecule is CCCN(CCC)C(=O)c1cc(C(C)=O)cc(C(=O)N[C@@H](Cc2cc(F)cc(F)c2)[C@H](O)CN(Cc2cccc(OC)c2)C(=O)OC(C)(C)C)c1. The zero-order valence-electron chi connectivity index (χ0n) is 30.4. The van der Waals surface area contributed by atoms with Gasteiger partial charge in [-0.2, -0.15) is 0 Å². The number of nitrogens with one attached hydrogen (secondary N) is 1. The van der Waals surface area contributed by atoms with Crippen molar-refractivity contribution in [2.24, 2.45) is 0 Å². The average Bonchev–Trinajstić information content (AvgIpc) is 3.05. The average molecular weight is 710 g/mol. The molecule has 51 heavy (non-hydrogen) atoms. The Kier molecular flexibility index (Phi) is 14.7. The van der Waals surface area contributed by atoms with Gasteiger partial charge in [0.2, 0.25) is 0 Å². The summed E-state index contributed by atoms with van der Waals surface area (Å²) in [5.41, 5.74) is 0.186. The van der Waals surface area contributed by atoms with E-state index in [1.54, 1.807) is 49.9 Å². The molecule has 2 N–H and O–H groups in total. The molecule has 0 aromatic heterocycles. The maximum Gasteiger partial charge on any atom is 0.410 e. The van der Waals surface area contributed by atoms with Gasteiger partial charge in [-0.3, -0.25) is 14.4 Å². The number of carbonyl (C=O) groups is 4. The third-order valence-electron chi connectivity index (χ3n) is 7.85. The first-order valence-electron chi connectivity index (χ1n) is 17.0. The minimum absolute atomic E-state index is 0.00339. The molecule has 0 spiro atoms. The molecule has 0 aliphatic heterocycles. The molecular weight excluding hydrogens is 660 g/mol. The fraction of sp³-hybridized carbons (Fsp3) is 0.436. The molecule has 0 fully saturated rings. The van der Waals surface area contributed by atoms with E-state index >= 15 is 0 Å². The van der Waals surface area contributed by atoms with Crippen LogP contribution >= 0.6 is 0 Å². The van der Waals surface area contributed by atoms with Crippen LogP contribution in [0.4, 0.5) is 13.6 Å². The van der Waals surface area contributed by atoms with Gasteiger partial charge in [-0.25, -0.2) is 13.6 Å². The van der Waals surface area contributed by atoms with E-state index in [0.29, 0.717) is 43.3 Å². The summed E-state index contributed by atoms with van der Waals surface area (Å²) in [5.74, 6) is -2.60. The molecule has 3 rings (SSSR count). The van der Waals surface area contributed by atoms with Gasteiger partial charge in [0.15, 0.2) is 5.78 Å². The molecule has 0 saturated carbocycles. The van der Waals surface area contributed by atoms with Crippen LogP contribution in [0.25, 0.3) is 0 Å². The molecular formula is C39H49F2N3O7. The van der Waals surface area contributed by atoms with Gasteiger partial charge in [0.25, 0.3) is 11.8 Å². The Labute approximate surface area is 298 Å². The molecule has 0 radical (unpaired) electrons. The fourth-order valence-electron chi connectivity index (χ4n) is 5.51. The quantitative estimate of drug-likeness (QED) is 0.161. The van der Waals surface area contributed by atoms with Crippen LogP contribution in [0.2, 0.25) is 0 Å². The summed E-state index contributed by atoms with van der Waals surface area (Å²) in [4.78, 5) is 56.2. The Morgan fingerprint density at radius 3 is 2.02 bits per heavy atom. The van der Waals surface area contributed by atoms with Gasteiger partial charge in [-0.15, -0.1) is 0 Å². The Bertz CT molecular complexity index is 1670. The summed E-state index contributed by atoms with van der Waals surface area (Å²) >= 11 is 0. The predicted molar refractivity (Wildman–Crippen MR) is 190 cm³/mol. The summed E-state index contributed by atoms with van der Waals surface area (Å²) in [6.07, 6.45) is -1.04. The van der Waals surface area contributed by atoms with Gasteiger partial charge in [0.05, 0.1) is 25.8 Å². The predicted octanol–water partition coefficient (Wildman–Crippen LogP) is 6.58. The van der Waals surface area contributed by atoms with E-state index in [0.717, 1.165) is 12.1 Å². The van der Waals surface area contributed by atoms with Gasteiger partial charge >= 0.3 is 6.09 Å². The van der Waals surface area contributed by atoms with E-state index in [-0.39, 0.29) is 53.5 Å². The van der Waals surface area contributed by atoms with Gasteiger partial charge in [-0.1, -0.05) is 26.0 Å². The van der Waals surface area contributed by atoms with Crippen LogP contribution in [0.3, 0.4) is 0 Å². The molecule has 10 nitrogen and oxygen atoms in total. The maximum atomic E-state index is 14.3. The smallest absolute Gasteiger partial charge is 0.410 e. The van der Waals surface area contributed by atoms with Gasteiger partial charge in [0.1, 0.15) is 23.0 Å². The minimum Gasteiger partial charge on any atom is -0.497 e. The van der Waals surface area contributed by atoms with Crippen molar-refractivity contribution in [3.8, 4) is 5.75 Å². The van der Waals surface area contributed by atoms with Crippen LogP contribution < -0.4 is 10.1 Å². The molecule has 12 heteroatoms. The molecule has 276 valence electrons. The van der Waals surface area contributed by atoms with E-state index in [1.807, 2.05) is 13.8 Å². The lowest BCUT2D eigenvalue weighted by Crippen LogP contribution is -2.51. The highest BCUT2D eigenvalue weighted by Crippen LogP contribution is 2.20. The first-order valence-corrected chi connectivity index (χ1v) is 17.0.